The Morgan fingerprint density at radius 2 is 0.464 bits per heavy atom. The summed E-state index contributed by atoms with van der Waals surface area (Å²) in [6.45, 7) is 9.86. The van der Waals surface area contributed by atoms with Gasteiger partial charge in [-0.05, 0) is 123 Å². The van der Waals surface area contributed by atoms with E-state index in [1.807, 2.05) is 0 Å². The van der Waals surface area contributed by atoms with Gasteiger partial charge < -0.3 is 18.3 Å². The smallest absolute Gasteiger partial charge is 0.236 e. The van der Waals surface area contributed by atoms with Crippen molar-refractivity contribution < 1.29 is 0 Å². The zero-order valence-corrected chi connectivity index (χ0v) is 45.5. The number of hydrogen-bond donors (Lipinski definition) is 0. The van der Waals surface area contributed by atoms with Gasteiger partial charge in [-0.15, -0.1) is 0 Å². The molecule has 0 saturated carbocycles. The second-order valence-electron chi connectivity index (χ2n) is 21.9. The minimum absolute atomic E-state index is 0.530. The first kappa shape index (κ1) is 47.4. The Morgan fingerprint density at radius 1 is 0.202 bits per heavy atom. The normalized spacial score (nSPS) is 11.8. The zero-order chi connectivity index (χ0) is 55.4. The van der Waals surface area contributed by atoms with Crippen LogP contribution in [0, 0.1) is 6.57 Å². The number of nitrogens with zero attached hydrogens (tertiary/aromatic N) is 5. The maximum atomic E-state index is 9.86. The monoisotopic (exact) mass is 1070 g/mol. The van der Waals surface area contributed by atoms with Gasteiger partial charge in [0, 0.05) is 43.1 Å². The molecule has 0 N–H and O–H groups in total. The molecule has 5 nitrogen and oxygen atoms in total. The first-order valence-corrected chi connectivity index (χ1v) is 28.6. The highest BCUT2D eigenvalue weighted by Gasteiger charge is 2.31. The van der Waals surface area contributed by atoms with Gasteiger partial charge in [-0.2, -0.15) is 0 Å². The molecule has 0 saturated heterocycles. The van der Waals surface area contributed by atoms with Gasteiger partial charge in [0.05, 0.1) is 73.5 Å². The van der Waals surface area contributed by atoms with Gasteiger partial charge in [-0.3, -0.25) is 0 Å². The molecule has 0 aliphatic rings. The average molecular weight is 1070 g/mol. The lowest BCUT2D eigenvalue weighted by Gasteiger charge is -2.26. The van der Waals surface area contributed by atoms with Crippen LogP contribution in [0.3, 0.4) is 0 Å². The highest BCUT2D eigenvalue weighted by atomic mass is 15.1. The summed E-state index contributed by atoms with van der Waals surface area (Å²) >= 11 is 0. The summed E-state index contributed by atoms with van der Waals surface area (Å²) < 4.78 is 9.74. The van der Waals surface area contributed by atoms with Crippen molar-refractivity contribution in [2.24, 2.45) is 0 Å². The second-order valence-corrected chi connectivity index (χ2v) is 21.9. The van der Waals surface area contributed by atoms with Crippen molar-refractivity contribution >= 4 is 92.9 Å². The van der Waals surface area contributed by atoms with E-state index in [0.29, 0.717) is 5.69 Å². The third-order valence-electron chi connectivity index (χ3n) is 17.4. The van der Waals surface area contributed by atoms with Gasteiger partial charge in [-0.25, -0.2) is 4.85 Å². The van der Waals surface area contributed by atoms with Crippen LogP contribution in [0.4, 0.5) is 5.69 Å². The molecule has 0 amide bonds. The summed E-state index contributed by atoms with van der Waals surface area (Å²) in [5.74, 6) is 0. The first-order valence-electron chi connectivity index (χ1n) is 28.6. The molecule has 0 spiro atoms. The van der Waals surface area contributed by atoms with Crippen molar-refractivity contribution in [1.82, 2.24) is 18.3 Å². The van der Waals surface area contributed by atoms with Crippen molar-refractivity contribution in [2.75, 3.05) is 0 Å². The Balaban J connectivity index is 1.12. The molecule has 4 heterocycles. The Hall–Kier alpha value is -11.5. The summed E-state index contributed by atoms with van der Waals surface area (Å²) in [5, 5.41) is 8.95. The van der Waals surface area contributed by atoms with E-state index in [9.17, 15) is 6.57 Å². The molecule has 17 aromatic rings. The van der Waals surface area contributed by atoms with Crippen molar-refractivity contribution in [3.05, 3.63) is 309 Å². The molecule has 17 rings (SSSR count). The minimum Gasteiger partial charge on any atom is -0.319 e. The lowest BCUT2D eigenvalue weighted by atomic mass is 10.0. The Bertz CT molecular complexity index is 5240. The maximum Gasteiger partial charge on any atom is 0.236 e. The number of benzene rings is 13. The summed E-state index contributed by atoms with van der Waals surface area (Å²) in [6, 6.07) is 108. The van der Waals surface area contributed by atoms with Crippen molar-refractivity contribution in [3.63, 3.8) is 0 Å². The number of rotatable bonds is 8. The van der Waals surface area contributed by atoms with E-state index in [1.54, 1.807) is 0 Å². The summed E-state index contributed by atoms with van der Waals surface area (Å²) in [7, 11) is 0. The highest BCUT2D eigenvalue weighted by molar-refractivity contribution is 6.17. The summed E-state index contributed by atoms with van der Waals surface area (Å²) in [6.07, 6.45) is 0. The van der Waals surface area contributed by atoms with Gasteiger partial charge in [0.2, 0.25) is 5.69 Å². The predicted octanol–water partition coefficient (Wildman–Crippen LogP) is 21.3. The summed E-state index contributed by atoms with van der Waals surface area (Å²) in [5.41, 5.74) is 21.3. The molecule has 0 atom stereocenters. The number of hydrogen-bond acceptors (Lipinski definition) is 0. The fourth-order valence-electron chi connectivity index (χ4n) is 13.6. The largest absolute Gasteiger partial charge is 0.319 e. The number of aromatic nitrogens is 4. The van der Waals surface area contributed by atoms with Crippen LogP contribution in [-0.4, -0.2) is 18.3 Å². The van der Waals surface area contributed by atoms with Gasteiger partial charge in [0.1, 0.15) is 0 Å². The Labute approximate surface area is 484 Å². The number of fused-ring (bicyclic) bond motifs is 12. The molecule has 390 valence electrons. The average Bonchev–Trinajstić information content (AvgIpc) is 2.28. The molecule has 0 radical (unpaired) electrons. The Morgan fingerprint density at radius 3 is 0.798 bits per heavy atom. The van der Waals surface area contributed by atoms with Crippen molar-refractivity contribution in [1.29, 1.82) is 0 Å². The Kier molecular flexibility index (Phi) is 10.6. The van der Waals surface area contributed by atoms with Crippen molar-refractivity contribution in [3.8, 4) is 67.3 Å². The fourth-order valence-corrected chi connectivity index (χ4v) is 13.6. The molecular weight excluding hydrogens is 1020 g/mol. The molecule has 5 heteroatoms. The molecule has 0 fully saturated rings. The van der Waals surface area contributed by atoms with Crippen molar-refractivity contribution in [2.45, 2.75) is 0 Å². The van der Waals surface area contributed by atoms with Crippen LogP contribution in [0.1, 0.15) is 0 Å². The van der Waals surface area contributed by atoms with E-state index < -0.39 is 0 Å². The zero-order valence-electron chi connectivity index (χ0n) is 45.5. The van der Waals surface area contributed by atoms with E-state index in [2.05, 4.69) is 316 Å². The van der Waals surface area contributed by atoms with Gasteiger partial charge in [0.25, 0.3) is 0 Å². The van der Waals surface area contributed by atoms with E-state index in [-0.39, 0.29) is 0 Å². The van der Waals surface area contributed by atoms with E-state index >= 15 is 0 Å². The third-order valence-corrected chi connectivity index (χ3v) is 17.4. The fraction of sp³-hybridized carbons (Fsp3) is 0. The van der Waals surface area contributed by atoms with Crippen LogP contribution in [0.2, 0.25) is 0 Å². The van der Waals surface area contributed by atoms with E-state index in [0.717, 1.165) is 154 Å². The molecule has 0 aliphatic heterocycles. The molecule has 4 aromatic heterocycles. The quantitative estimate of drug-likeness (QED) is 0.135. The van der Waals surface area contributed by atoms with E-state index in [1.165, 1.54) is 0 Å². The maximum absolute atomic E-state index is 9.86. The van der Waals surface area contributed by atoms with Crippen LogP contribution in [0.5, 0.6) is 0 Å². The second kappa shape index (κ2) is 18.8. The number of para-hydroxylation sites is 4. The molecule has 0 aliphatic carbocycles. The predicted molar refractivity (Wildman–Crippen MR) is 352 cm³/mol. The summed E-state index contributed by atoms with van der Waals surface area (Å²) in [4.78, 5) is 4.87. The van der Waals surface area contributed by atoms with Crippen LogP contribution in [-0.2, 0) is 0 Å². The topological polar surface area (TPSA) is 24.1 Å². The third kappa shape index (κ3) is 7.14. The molecule has 84 heavy (non-hydrogen) atoms. The lowest BCUT2D eigenvalue weighted by Crippen LogP contribution is -2.12. The van der Waals surface area contributed by atoms with Crippen LogP contribution >= 0.6 is 0 Å². The van der Waals surface area contributed by atoms with Gasteiger partial charge in [-0.1, -0.05) is 218 Å². The standard InChI is InChI=1S/C79H49N5/c1-80-77-75(81-67-34-18-14-30-59(67)60-31-15-19-35-68(60)81)50-76(82-71-42-38-55(51-22-6-2-7-23-51)46-63(71)64-47-56(39-43-72(64)82)52-24-8-3-9-25-52)78(79(77)84-69-36-20-16-32-61(69)62-33-17-21-37-70(62)84)83-73-44-40-57(53-26-10-4-11-27-53)48-65(73)66-49-58(41-45-74(66)83)54-28-12-5-13-29-54/h2-50H. The van der Waals surface area contributed by atoms with Gasteiger partial charge in [0.15, 0.2) is 0 Å². The van der Waals surface area contributed by atoms with Gasteiger partial charge >= 0.3 is 0 Å². The van der Waals surface area contributed by atoms with E-state index in [4.69, 9.17) is 4.85 Å². The molecular formula is C79H49N5. The minimum atomic E-state index is 0.530. The first-order chi connectivity index (χ1) is 41.7. The molecule has 0 unspecified atom stereocenters. The van der Waals surface area contributed by atoms with Crippen LogP contribution in [0.25, 0.3) is 159 Å². The molecule has 0 bridgehead atoms. The van der Waals surface area contributed by atoms with Crippen LogP contribution < -0.4 is 0 Å². The molecule has 13 aromatic carbocycles. The van der Waals surface area contributed by atoms with Crippen LogP contribution in [0.15, 0.2) is 297 Å². The highest BCUT2D eigenvalue weighted by Crippen LogP contribution is 2.51. The SMILES string of the molecule is [C-]#[N+]c1c(-n2c3ccccc3c3ccccc32)cc(-n2c3ccc(-c4ccccc4)cc3c3cc(-c4ccccc4)ccc32)c(-n2c3ccc(-c4ccccc4)cc3c3cc(-c4ccccc4)ccc32)c1-n1c2ccccc2c2ccccc21. The lowest BCUT2D eigenvalue weighted by molar-refractivity contribution is 1.04.